The van der Waals surface area contributed by atoms with Gasteiger partial charge in [0.15, 0.2) is 0 Å². The zero-order valence-corrected chi connectivity index (χ0v) is 14.4. The summed E-state index contributed by atoms with van der Waals surface area (Å²) in [7, 11) is 0. The van der Waals surface area contributed by atoms with Gasteiger partial charge in [0.1, 0.15) is 17.5 Å². The van der Waals surface area contributed by atoms with Crippen LogP contribution in [0.2, 0.25) is 0 Å². The molecule has 132 valence electrons. The van der Waals surface area contributed by atoms with Crippen molar-refractivity contribution in [2.75, 3.05) is 4.90 Å². The highest BCUT2D eigenvalue weighted by molar-refractivity contribution is 6.13. The van der Waals surface area contributed by atoms with E-state index in [9.17, 15) is 14.0 Å². The number of amides is 3. The molecule has 7 heteroatoms. The lowest BCUT2D eigenvalue weighted by atomic mass is 10.2. The summed E-state index contributed by atoms with van der Waals surface area (Å²) in [5.41, 5.74) is 2.97. The van der Waals surface area contributed by atoms with E-state index in [4.69, 9.17) is 0 Å². The first-order chi connectivity index (χ1) is 12.4. The van der Waals surface area contributed by atoms with Crippen molar-refractivity contribution in [3.63, 3.8) is 0 Å². The van der Waals surface area contributed by atoms with Crippen molar-refractivity contribution >= 4 is 23.3 Å². The van der Waals surface area contributed by atoms with Crippen LogP contribution in [0.4, 0.5) is 14.9 Å². The van der Waals surface area contributed by atoms with E-state index in [2.05, 4.69) is 4.98 Å². The number of pyridine rings is 1. The van der Waals surface area contributed by atoms with E-state index < -0.39 is 17.9 Å². The summed E-state index contributed by atoms with van der Waals surface area (Å²) in [6.45, 7) is 3.74. The topological polar surface area (TPSA) is 57.9 Å². The molecule has 26 heavy (non-hydrogen) atoms. The monoisotopic (exact) mass is 352 g/mol. The summed E-state index contributed by atoms with van der Waals surface area (Å²) in [5.74, 6) is -0.691. The zero-order valence-electron chi connectivity index (χ0n) is 14.4. The van der Waals surface area contributed by atoms with Crippen LogP contribution in [0.15, 0.2) is 48.8 Å². The van der Waals surface area contributed by atoms with Gasteiger partial charge in [-0.05, 0) is 49.7 Å². The van der Waals surface area contributed by atoms with Crippen LogP contribution >= 0.6 is 0 Å². The Labute approximate surface area is 149 Å². The smallest absolute Gasteiger partial charge is 0.306 e. The number of urea groups is 1. The number of anilines is 1. The fraction of sp³-hybridized carbons (Fsp3) is 0.211. The maximum atomic E-state index is 13.1. The lowest BCUT2D eigenvalue weighted by Gasteiger charge is -2.19. The molecule has 1 saturated heterocycles. The number of hydrogen-bond donors (Lipinski definition) is 0. The number of halogens is 1. The Kier molecular flexibility index (Phi) is 3.72. The molecule has 0 aliphatic carbocycles. The molecule has 1 unspecified atom stereocenters. The van der Waals surface area contributed by atoms with Crippen molar-refractivity contribution in [1.29, 1.82) is 0 Å². The second kappa shape index (κ2) is 5.94. The number of hydrogen-bond acceptors (Lipinski definition) is 3. The summed E-state index contributed by atoms with van der Waals surface area (Å²) in [6, 6.07) is 8.30. The maximum absolute atomic E-state index is 13.1. The molecule has 1 aromatic carbocycles. The van der Waals surface area contributed by atoms with Gasteiger partial charge < -0.3 is 4.40 Å². The van der Waals surface area contributed by atoms with Gasteiger partial charge in [0, 0.05) is 18.1 Å². The van der Waals surface area contributed by atoms with Crippen LogP contribution in [0.3, 0.4) is 0 Å². The van der Waals surface area contributed by atoms with Gasteiger partial charge in [-0.1, -0.05) is 6.07 Å². The number of rotatable bonds is 3. The first-order valence-electron chi connectivity index (χ1n) is 8.28. The largest absolute Gasteiger partial charge is 0.332 e. The van der Waals surface area contributed by atoms with E-state index in [0.717, 1.165) is 11.2 Å². The summed E-state index contributed by atoms with van der Waals surface area (Å²) in [5, 5.41) is 0. The van der Waals surface area contributed by atoms with Crippen LogP contribution in [-0.4, -0.2) is 32.3 Å². The Balaban J connectivity index is 1.62. The third-order valence-corrected chi connectivity index (χ3v) is 4.52. The maximum Gasteiger partial charge on any atom is 0.332 e. The Morgan fingerprint density at radius 2 is 1.81 bits per heavy atom. The molecule has 6 nitrogen and oxygen atoms in total. The number of carbonyl (C=O) groups excluding carboxylic acids is 2. The first kappa shape index (κ1) is 16.3. The van der Waals surface area contributed by atoms with Crippen LogP contribution in [0.1, 0.15) is 18.2 Å². The lowest BCUT2D eigenvalue weighted by molar-refractivity contribution is -0.127. The third kappa shape index (κ3) is 2.61. The molecule has 3 aromatic rings. The first-order valence-corrected chi connectivity index (χ1v) is 8.28. The number of benzene rings is 1. The molecule has 1 atom stereocenters. The molecule has 1 aliphatic rings. The Hall–Kier alpha value is -3.22. The van der Waals surface area contributed by atoms with Gasteiger partial charge in [-0.15, -0.1) is 0 Å². The summed E-state index contributed by atoms with van der Waals surface area (Å²) in [6.07, 6.45) is 3.75. The van der Waals surface area contributed by atoms with E-state index >= 15 is 0 Å². The number of imide groups is 1. The van der Waals surface area contributed by atoms with Crippen LogP contribution < -0.4 is 4.90 Å². The number of carbonyl (C=O) groups is 2. The van der Waals surface area contributed by atoms with Gasteiger partial charge >= 0.3 is 6.03 Å². The highest BCUT2D eigenvalue weighted by Crippen LogP contribution is 2.27. The molecule has 1 fully saturated rings. The number of aromatic nitrogens is 2. The number of imidazole rings is 1. The molecule has 0 radical (unpaired) electrons. The van der Waals surface area contributed by atoms with Crippen molar-refractivity contribution in [2.24, 2.45) is 0 Å². The van der Waals surface area contributed by atoms with E-state index in [-0.39, 0.29) is 12.5 Å². The number of fused-ring (bicyclic) bond motifs is 1. The minimum Gasteiger partial charge on any atom is -0.306 e. The summed E-state index contributed by atoms with van der Waals surface area (Å²) >= 11 is 0. The minimum absolute atomic E-state index is 0.0976. The molecular weight excluding hydrogens is 335 g/mol. The second-order valence-electron chi connectivity index (χ2n) is 6.43. The predicted octanol–water partition coefficient (Wildman–Crippen LogP) is 3.14. The molecule has 2 aromatic heterocycles. The molecule has 0 bridgehead atoms. The van der Waals surface area contributed by atoms with E-state index in [0.29, 0.717) is 11.4 Å². The fourth-order valence-electron chi connectivity index (χ4n) is 3.20. The molecule has 0 saturated carbocycles. The van der Waals surface area contributed by atoms with Crippen LogP contribution in [0, 0.1) is 12.7 Å². The minimum atomic E-state index is -0.646. The quantitative estimate of drug-likeness (QED) is 0.681. The van der Waals surface area contributed by atoms with E-state index in [1.54, 1.807) is 6.92 Å². The molecule has 1 aliphatic heterocycles. The third-order valence-electron chi connectivity index (χ3n) is 4.52. The average Bonchev–Trinajstić information content (AvgIpc) is 3.10. The normalized spacial score (nSPS) is 17.6. The lowest BCUT2D eigenvalue weighted by Crippen LogP contribution is -2.33. The fourth-order valence-corrected chi connectivity index (χ4v) is 3.20. The van der Waals surface area contributed by atoms with Gasteiger partial charge in [-0.3, -0.25) is 14.6 Å². The molecule has 4 rings (SSSR count). The van der Waals surface area contributed by atoms with Crippen LogP contribution in [0.5, 0.6) is 0 Å². The SMILES string of the molecule is Cc1ccc2nc(CN3C(=O)C(C)N(c4ccc(F)cc4)C3=O)cn2c1. The summed E-state index contributed by atoms with van der Waals surface area (Å²) < 4.78 is 15.0. The number of nitrogens with zero attached hydrogens (tertiary/aromatic N) is 4. The van der Waals surface area contributed by atoms with Crippen molar-refractivity contribution in [2.45, 2.75) is 26.4 Å². The van der Waals surface area contributed by atoms with Gasteiger partial charge in [-0.2, -0.15) is 0 Å². The Morgan fingerprint density at radius 3 is 2.54 bits per heavy atom. The van der Waals surface area contributed by atoms with Crippen molar-refractivity contribution in [3.05, 3.63) is 65.9 Å². The zero-order chi connectivity index (χ0) is 18.4. The van der Waals surface area contributed by atoms with Crippen molar-refractivity contribution in [1.82, 2.24) is 14.3 Å². The van der Waals surface area contributed by atoms with Crippen molar-refractivity contribution < 1.29 is 14.0 Å². The number of aryl methyl sites for hydroxylation is 1. The predicted molar refractivity (Wildman–Crippen MR) is 94.2 cm³/mol. The van der Waals surface area contributed by atoms with Crippen molar-refractivity contribution in [3.8, 4) is 0 Å². The summed E-state index contributed by atoms with van der Waals surface area (Å²) in [4.78, 5) is 32.4. The highest BCUT2D eigenvalue weighted by Gasteiger charge is 2.43. The molecule has 0 N–H and O–H groups in total. The molecule has 3 amide bonds. The van der Waals surface area contributed by atoms with E-state index in [1.807, 2.05) is 35.9 Å². The Morgan fingerprint density at radius 1 is 1.08 bits per heavy atom. The van der Waals surface area contributed by atoms with E-state index in [1.165, 1.54) is 34.1 Å². The van der Waals surface area contributed by atoms with Crippen LogP contribution in [-0.2, 0) is 11.3 Å². The average molecular weight is 352 g/mol. The second-order valence-corrected chi connectivity index (χ2v) is 6.43. The van der Waals surface area contributed by atoms with Crippen LogP contribution in [0.25, 0.3) is 5.65 Å². The molecular formula is C19H17FN4O2. The standard InChI is InChI=1S/C19H17FN4O2/c1-12-3-8-17-21-15(10-22(17)9-12)11-23-18(25)13(2)24(19(23)26)16-6-4-14(20)5-7-16/h3-10,13H,11H2,1-2H3. The van der Waals surface area contributed by atoms with Gasteiger partial charge in [0.05, 0.1) is 12.2 Å². The molecule has 0 spiro atoms. The van der Waals surface area contributed by atoms with Gasteiger partial charge in [0.2, 0.25) is 0 Å². The molecule has 3 heterocycles. The van der Waals surface area contributed by atoms with Gasteiger partial charge in [-0.25, -0.2) is 14.2 Å². The Bertz CT molecular complexity index is 1010. The highest BCUT2D eigenvalue weighted by atomic mass is 19.1. The van der Waals surface area contributed by atoms with Gasteiger partial charge in [0.25, 0.3) is 5.91 Å².